The summed E-state index contributed by atoms with van der Waals surface area (Å²) in [6.45, 7) is 3.06. The smallest absolute Gasteiger partial charge is 0.255 e. The maximum atomic E-state index is 14.3. The van der Waals surface area contributed by atoms with Gasteiger partial charge in [-0.1, -0.05) is 55.1 Å². The minimum absolute atomic E-state index is 0.00896. The third-order valence-corrected chi connectivity index (χ3v) is 11.9. The van der Waals surface area contributed by atoms with E-state index >= 15 is 0 Å². The minimum Gasteiger partial charge on any atom is -0.507 e. The number of halogens is 1. The Morgan fingerprint density at radius 1 is 0.959 bits per heavy atom. The van der Waals surface area contributed by atoms with Crippen molar-refractivity contribution in [3.05, 3.63) is 77.3 Å². The van der Waals surface area contributed by atoms with Crippen molar-refractivity contribution >= 4 is 23.4 Å². The molecule has 6 rings (SSSR count). The van der Waals surface area contributed by atoms with E-state index in [1.807, 2.05) is 35.3 Å². The fourth-order valence-electron chi connectivity index (χ4n) is 8.77. The van der Waals surface area contributed by atoms with Crippen molar-refractivity contribution in [1.29, 1.82) is 0 Å². The number of hydrogen-bond donors (Lipinski definition) is 3. The summed E-state index contributed by atoms with van der Waals surface area (Å²) in [7, 11) is 0. The minimum atomic E-state index is -0.273. The Kier molecular flexibility index (Phi) is 12.3. The first kappa shape index (κ1) is 35.4. The zero-order chi connectivity index (χ0) is 34.1. The van der Waals surface area contributed by atoms with Crippen molar-refractivity contribution in [3.63, 3.8) is 0 Å². The van der Waals surface area contributed by atoms with Crippen molar-refractivity contribution in [1.82, 2.24) is 30.3 Å². The zero-order valence-electron chi connectivity index (χ0n) is 28.7. The van der Waals surface area contributed by atoms with Crippen LogP contribution in [-0.4, -0.2) is 68.3 Å². The molecule has 10 heteroatoms. The van der Waals surface area contributed by atoms with E-state index in [2.05, 4.69) is 25.6 Å². The summed E-state index contributed by atoms with van der Waals surface area (Å²) in [5, 5.41) is 21.9. The van der Waals surface area contributed by atoms with Gasteiger partial charge in [-0.15, -0.1) is 0 Å². The molecule has 3 aromatic rings. The predicted molar refractivity (Wildman–Crippen MR) is 192 cm³/mol. The highest BCUT2D eigenvalue weighted by Crippen LogP contribution is 2.47. The summed E-state index contributed by atoms with van der Waals surface area (Å²) in [6, 6.07) is 14.6. The number of aromatic hydroxyl groups is 1. The molecule has 1 atom stereocenters. The topological polar surface area (TPSA) is 112 Å². The van der Waals surface area contributed by atoms with E-state index in [9.17, 15) is 14.7 Å². The van der Waals surface area contributed by atoms with Crippen molar-refractivity contribution in [2.75, 3.05) is 19.6 Å². The summed E-state index contributed by atoms with van der Waals surface area (Å²) < 4.78 is 2.01. The highest BCUT2D eigenvalue weighted by atomic mass is 35.5. The number of nitrogens with one attached hydrogen (secondary N) is 2. The van der Waals surface area contributed by atoms with Crippen LogP contribution in [0.25, 0.3) is 0 Å². The van der Waals surface area contributed by atoms with Gasteiger partial charge in [0.15, 0.2) is 0 Å². The highest BCUT2D eigenvalue weighted by Gasteiger charge is 2.44. The monoisotopic (exact) mass is 688 g/mol. The fraction of sp³-hybridized carbons (Fsp3) is 0.590. The quantitative estimate of drug-likeness (QED) is 0.171. The van der Waals surface area contributed by atoms with Crippen LogP contribution in [0.15, 0.2) is 61.2 Å². The number of para-hydroxylation sites is 1. The molecule has 49 heavy (non-hydrogen) atoms. The largest absolute Gasteiger partial charge is 0.507 e. The van der Waals surface area contributed by atoms with Gasteiger partial charge in [-0.2, -0.15) is 5.10 Å². The van der Waals surface area contributed by atoms with Gasteiger partial charge in [0.05, 0.1) is 11.6 Å². The molecule has 2 heterocycles. The van der Waals surface area contributed by atoms with Gasteiger partial charge in [-0.3, -0.25) is 14.3 Å². The van der Waals surface area contributed by atoms with Gasteiger partial charge in [0, 0.05) is 37.2 Å². The maximum Gasteiger partial charge on any atom is 0.255 e. The third kappa shape index (κ3) is 9.43. The van der Waals surface area contributed by atoms with Gasteiger partial charge in [0.25, 0.3) is 5.91 Å². The highest BCUT2D eigenvalue weighted by molar-refractivity contribution is 6.30. The lowest BCUT2D eigenvalue weighted by Crippen LogP contribution is -2.55. The van der Waals surface area contributed by atoms with Gasteiger partial charge in [0.2, 0.25) is 5.91 Å². The van der Waals surface area contributed by atoms with E-state index in [0.717, 1.165) is 76.6 Å². The van der Waals surface area contributed by atoms with Crippen LogP contribution in [-0.2, 0) is 17.8 Å². The first-order chi connectivity index (χ1) is 23.9. The number of carbonyl (C=O) groups is 2. The molecule has 2 saturated carbocycles. The normalized spacial score (nSPS) is 22.0. The summed E-state index contributed by atoms with van der Waals surface area (Å²) >= 11 is 6.21. The van der Waals surface area contributed by atoms with E-state index in [1.54, 1.807) is 24.5 Å². The molecular weight excluding hydrogens is 636 g/mol. The molecule has 3 N–H and O–H groups in total. The second-order valence-electron chi connectivity index (χ2n) is 14.8. The molecule has 264 valence electrons. The molecule has 9 nitrogen and oxygen atoms in total. The number of piperidine rings is 1. The molecule has 1 saturated heterocycles. The van der Waals surface area contributed by atoms with E-state index in [1.165, 1.54) is 38.2 Å². The van der Waals surface area contributed by atoms with E-state index < -0.39 is 0 Å². The summed E-state index contributed by atoms with van der Waals surface area (Å²) in [4.78, 5) is 33.1. The van der Waals surface area contributed by atoms with Crippen LogP contribution in [0.5, 0.6) is 5.75 Å². The van der Waals surface area contributed by atoms with Crippen LogP contribution in [0.1, 0.15) is 99.4 Å². The molecule has 3 fully saturated rings. The Bertz CT molecular complexity index is 1480. The van der Waals surface area contributed by atoms with Gasteiger partial charge in [-0.25, -0.2) is 4.98 Å². The number of nitrogens with zero attached hydrogens (tertiary/aromatic N) is 4. The Morgan fingerprint density at radius 2 is 1.69 bits per heavy atom. The number of phenolic OH excluding ortho intramolecular Hbond substituents is 1. The molecule has 0 spiro atoms. The van der Waals surface area contributed by atoms with Gasteiger partial charge in [-0.05, 0) is 118 Å². The van der Waals surface area contributed by atoms with Crippen LogP contribution in [0.2, 0.25) is 5.02 Å². The van der Waals surface area contributed by atoms with E-state index in [-0.39, 0.29) is 29.0 Å². The molecule has 2 amide bonds. The number of benzene rings is 2. The molecule has 2 aliphatic carbocycles. The molecule has 0 radical (unpaired) electrons. The van der Waals surface area contributed by atoms with Crippen molar-refractivity contribution in [3.8, 4) is 5.75 Å². The third-order valence-electron chi connectivity index (χ3n) is 11.6. The Morgan fingerprint density at radius 3 is 2.39 bits per heavy atom. The number of phenols is 1. The van der Waals surface area contributed by atoms with Crippen LogP contribution in [0.4, 0.5) is 0 Å². The predicted octanol–water partition coefficient (Wildman–Crippen LogP) is 6.80. The number of amides is 2. The second-order valence-corrected chi connectivity index (χ2v) is 15.2. The maximum absolute atomic E-state index is 14.3. The van der Waals surface area contributed by atoms with Gasteiger partial charge >= 0.3 is 0 Å². The SMILES string of the molecule is O=C(NCCCC1CCC(N[C@H](Cc2ccc(Cl)cc2)C(=O)N2CCC(Cn3cncn3)(C3CCCCC3)CC2)CC1)c1ccccc1O. The van der Waals surface area contributed by atoms with Crippen molar-refractivity contribution in [2.24, 2.45) is 17.3 Å². The Balaban J connectivity index is 1.02. The second kappa shape index (κ2) is 17.0. The number of likely N-dealkylation sites (tertiary alicyclic amines) is 1. The molecule has 3 aliphatic rings. The summed E-state index contributed by atoms with van der Waals surface area (Å²) in [5.74, 6) is 1.29. The molecule has 2 aromatic carbocycles. The Labute approximate surface area is 296 Å². The van der Waals surface area contributed by atoms with Crippen LogP contribution in [0.3, 0.4) is 0 Å². The van der Waals surface area contributed by atoms with Crippen molar-refractivity contribution < 1.29 is 14.7 Å². The molecular formula is C39H53ClN6O3. The van der Waals surface area contributed by atoms with Crippen LogP contribution >= 0.6 is 11.6 Å². The summed E-state index contributed by atoms with van der Waals surface area (Å²) in [5.41, 5.74) is 1.60. The van der Waals surface area contributed by atoms with Crippen molar-refractivity contribution in [2.45, 2.75) is 109 Å². The average Bonchev–Trinajstić information content (AvgIpc) is 3.65. The van der Waals surface area contributed by atoms with Crippen LogP contribution in [0, 0.1) is 17.3 Å². The first-order valence-corrected chi connectivity index (χ1v) is 18.9. The number of hydrogen-bond acceptors (Lipinski definition) is 6. The van der Waals surface area contributed by atoms with E-state index in [4.69, 9.17) is 11.6 Å². The van der Waals surface area contributed by atoms with Gasteiger partial charge < -0.3 is 20.6 Å². The molecule has 1 aromatic heterocycles. The first-order valence-electron chi connectivity index (χ1n) is 18.6. The molecule has 0 bridgehead atoms. The molecule has 0 unspecified atom stereocenters. The van der Waals surface area contributed by atoms with Crippen LogP contribution < -0.4 is 10.6 Å². The number of aromatic nitrogens is 3. The fourth-order valence-corrected chi connectivity index (χ4v) is 8.90. The van der Waals surface area contributed by atoms with E-state index in [0.29, 0.717) is 41.4 Å². The lowest BCUT2D eigenvalue weighted by Gasteiger charge is -2.48. The standard InChI is InChI=1S/C39H53ClN6O3/c40-32-16-12-30(13-17-32)25-35(44-33-18-14-29(15-19-33)7-6-22-42-37(48)34-10-4-5-11-36(34)47)38(49)45-23-20-39(21-24-45,26-46-28-41-27-43-46)31-8-2-1-3-9-31/h4-5,10-13,16-17,27-29,31,33,35,44,47H,1-3,6-9,14-15,18-26H2,(H,42,48)/t29?,33?,35-/m1/s1. The average molecular weight is 689 g/mol. The lowest BCUT2D eigenvalue weighted by molar-refractivity contribution is -0.137. The zero-order valence-corrected chi connectivity index (χ0v) is 29.5. The van der Waals surface area contributed by atoms with Gasteiger partial charge in [0.1, 0.15) is 18.4 Å². The number of rotatable bonds is 13. The Hall–Kier alpha value is -3.43. The lowest BCUT2D eigenvalue weighted by atomic mass is 9.63. The molecule has 1 aliphatic heterocycles. The summed E-state index contributed by atoms with van der Waals surface area (Å²) in [6.07, 6.45) is 18.9. The number of carbonyl (C=O) groups excluding carboxylic acids is 2.